The Labute approximate surface area is 351 Å². The lowest BCUT2D eigenvalue weighted by atomic mass is 10.1. The summed E-state index contributed by atoms with van der Waals surface area (Å²) in [6.07, 6.45) is 3.77. The highest BCUT2D eigenvalue weighted by atomic mass is 35.5. The Kier molecular flexibility index (Phi) is 15.5. The zero-order chi connectivity index (χ0) is 41.7. The van der Waals surface area contributed by atoms with Crippen LogP contribution in [0, 0.1) is 0 Å². The molecule has 320 valence electrons. The smallest absolute Gasteiger partial charge is 0.410 e. The van der Waals surface area contributed by atoms with Crippen LogP contribution in [0.3, 0.4) is 0 Å². The summed E-state index contributed by atoms with van der Waals surface area (Å²) in [5.41, 5.74) is 8.05. The molecule has 7 heterocycles. The van der Waals surface area contributed by atoms with Crippen LogP contribution in [0.15, 0.2) is 49.6 Å². The van der Waals surface area contributed by atoms with Gasteiger partial charge in [-0.25, -0.2) is 19.2 Å². The van der Waals surface area contributed by atoms with Crippen molar-refractivity contribution in [2.24, 2.45) is 0 Å². The molecule has 21 heteroatoms. The molecule has 0 spiro atoms. The van der Waals surface area contributed by atoms with E-state index in [-0.39, 0.29) is 25.3 Å². The van der Waals surface area contributed by atoms with Crippen LogP contribution >= 0.6 is 22.9 Å². The number of anilines is 1. The highest BCUT2D eigenvalue weighted by Gasteiger charge is 2.39. The molecule has 4 saturated heterocycles. The molecular weight excluding hydrogens is 806 g/mol. The van der Waals surface area contributed by atoms with E-state index < -0.39 is 24.3 Å². The number of H-pyrrole nitrogens is 2. The van der Waals surface area contributed by atoms with Crippen LogP contribution in [-0.4, -0.2) is 179 Å². The summed E-state index contributed by atoms with van der Waals surface area (Å²) in [5.74, 6) is 0.330. The van der Waals surface area contributed by atoms with E-state index in [1.165, 1.54) is 17.0 Å². The van der Waals surface area contributed by atoms with Crippen molar-refractivity contribution in [1.82, 2.24) is 49.8 Å². The molecule has 19 nitrogen and oxygen atoms in total. The molecule has 0 saturated carbocycles. The molecule has 3 aromatic rings. The number of halogens is 1. The van der Waals surface area contributed by atoms with Crippen molar-refractivity contribution in [1.29, 1.82) is 0 Å². The monoisotopic (exact) mass is 857 g/mol. The van der Waals surface area contributed by atoms with E-state index in [1.807, 2.05) is 18.2 Å². The summed E-state index contributed by atoms with van der Waals surface area (Å²) in [7, 11) is 0. The van der Waals surface area contributed by atoms with Crippen LogP contribution in [-0.2, 0) is 31.8 Å². The number of hydrogen-bond donors (Lipinski definition) is 3. The number of hydrogen-bond acceptors (Lipinski definition) is 12. The van der Waals surface area contributed by atoms with Crippen molar-refractivity contribution in [2.75, 3.05) is 111 Å². The van der Waals surface area contributed by atoms with Gasteiger partial charge in [0.25, 0.3) is 0 Å². The topological polar surface area (TPSA) is 208 Å². The molecule has 59 heavy (non-hydrogen) atoms. The third-order valence-electron chi connectivity index (χ3n) is 10.2. The van der Waals surface area contributed by atoms with Gasteiger partial charge in [0, 0.05) is 82.1 Å². The van der Waals surface area contributed by atoms with Gasteiger partial charge < -0.3 is 44.3 Å². The minimum atomic E-state index is -0.457. The molecule has 6 amide bonds. The van der Waals surface area contributed by atoms with Crippen molar-refractivity contribution in [3.8, 4) is 0 Å². The first-order chi connectivity index (χ1) is 28.6. The maximum atomic E-state index is 13.1. The van der Waals surface area contributed by atoms with Crippen molar-refractivity contribution in [3.05, 3.63) is 75.9 Å². The lowest BCUT2D eigenvalue weighted by Crippen LogP contribution is -2.56. The summed E-state index contributed by atoms with van der Waals surface area (Å²) in [5, 5.41) is 14.3. The number of thiophene rings is 1. The normalized spacial score (nSPS) is 19.7. The second-order valence-electron chi connectivity index (χ2n) is 14.1. The SMILES string of the molecule is C=CCOC(=O)N1CCN(C(=O)N2CCOCC2)CC1c1cc(CCc2ccc(Cl)s2)[nH]n1.C=CCOC(=O)N1CCN(C(=O)N2CCOCC2)CC1c1cc(N)n[nH]1. The Morgan fingerprint density at radius 2 is 1.32 bits per heavy atom. The van der Waals surface area contributed by atoms with Gasteiger partial charge in [-0.05, 0) is 31.0 Å². The number of piperazine rings is 2. The lowest BCUT2D eigenvalue weighted by Gasteiger charge is -2.42. The minimum absolute atomic E-state index is 0.0345. The van der Waals surface area contributed by atoms with Crippen LogP contribution in [0.2, 0.25) is 4.34 Å². The molecule has 0 aromatic carbocycles. The average molecular weight is 858 g/mol. The number of nitrogen functional groups attached to an aromatic ring is 1. The van der Waals surface area contributed by atoms with Crippen molar-refractivity contribution < 1.29 is 38.1 Å². The number of morpholine rings is 2. The summed E-state index contributed by atoms with van der Waals surface area (Å²) >= 11 is 7.59. The standard InChI is InChI=1S/C22H28ClN5O4S.C16H24N6O4/c1-2-11-32-22(30)28-8-7-27(21(29)26-9-12-31-13-10-26)15-19(28)18-14-16(24-25-18)3-4-17-5-6-20(23)33-17;1-2-7-26-16(24)22-4-3-21(15(23)20-5-8-25-9-6-20)11-13(22)12-10-14(17)19-18-12/h2,5-6,14,19H,1,3-4,7-13,15H2,(H,24,25);2,10,13H,1,3-9,11H2,(H3,17,18,19). The molecule has 2 atom stereocenters. The van der Waals surface area contributed by atoms with Crippen molar-refractivity contribution in [3.63, 3.8) is 0 Å². The van der Waals surface area contributed by atoms with Gasteiger partial charge in [0.1, 0.15) is 19.0 Å². The van der Waals surface area contributed by atoms with E-state index >= 15 is 0 Å². The number of aryl methyl sites for hydroxylation is 2. The molecule has 4 fully saturated rings. The van der Waals surface area contributed by atoms with E-state index in [2.05, 4.69) is 33.6 Å². The Morgan fingerprint density at radius 3 is 1.83 bits per heavy atom. The van der Waals surface area contributed by atoms with Gasteiger partial charge in [-0.15, -0.1) is 11.3 Å². The van der Waals surface area contributed by atoms with Gasteiger partial charge in [-0.1, -0.05) is 36.9 Å². The predicted octanol–water partition coefficient (Wildman–Crippen LogP) is 3.77. The van der Waals surface area contributed by atoms with E-state index in [9.17, 15) is 19.2 Å². The zero-order valence-electron chi connectivity index (χ0n) is 33.0. The molecule has 4 aliphatic rings. The van der Waals surface area contributed by atoms with Gasteiger partial charge in [0.2, 0.25) is 0 Å². The number of nitrogens with one attached hydrogen (secondary N) is 2. The lowest BCUT2D eigenvalue weighted by molar-refractivity contribution is 0.0265. The molecule has 0 aliphatic carbocycles. The molecule has 0 radical (unpaired) electrons. The number of urea groups is 2. The number of carbonyl (C=O) groups excluding carboxylic acids is 4. The van der Waals surface area contributed by atoms with Crippen molar-refractivity contribution >= 4 is 53.0 Å². The number of ether oxygens (including phenoxy) is 4. The first-order valence-electron chi connectivity index (χ1n) is 19.6. The van der Waals surface area contributed by atoms with E-state index in [0.29, 0.717) is 109 Å². The highest BCUT2D eigenvalue weighted by Crippen LogP contribution is 2.29. The summed E-state index contributed by atoms with van der Waals surface area (Å²) in [6.45, 7) is 14.1. The number of carbonyl (C=O) groups is 4. The largest absolute Gasteiger partial charge is 0.445 e. The molecule has 4 aliphatic heterocycles. The maximum Gasteiger partial charge on any atom is 0.410 e. The number of aromatic amines is 2. The number of nitrogens with two attached hydrogens (primary N) is 1. The predicted molar refractivity (Wildman–Crippen MR) is 219 cm³/mol. The Morgan fingerprint density at radius 1 is 0.763 bits per heavy atom. The third-order valence-corrected chi connectivity index (χ3v) is 11.5. The van der Waals surface area contributed by atoms with Gasteiger partial charge in [-0.2, -0.15) is 10.2 Å². The fraction of sp³-hybridized carbons (Fsp3) is 0.526. The maximum absolute atomic E-state index is 13.1. The number of aromatic nitrogens is 4. The van der Waals surface area contributed by atoms with E-state index in [1.54, 1.807) is 46.8 Å². The average Bonchev–Trinajstić information content (AvgIpc) is 4.05. The fourth-order valence-corrected chi connectivity index (χ4v) is 8.24. The first kappa shape index (κ1) is 43.3. The number of rotatable bonds is 9. The molecule has 4 N–H and O–H groups in total. The van der Waals surface area contributed by atoms with Crippen LogP contribution in [0.5, 0.6) is 0 Å². The van der Waals surface area contributed by atoms with E-state index in [0.717, 1.165) is 22.9 Å². The van der Waals surface area contributed by atoms with Gasteiger partial charge in [-0.3, -0.25) is 20.0 Å². The Hall–Kier alpha value is -5.31. The molecule has 7 rings (SSSR count). The Balaban J connectivity index is 0.000000204. The van der Waals surface area contributed by atoms with Crippen molar-refractivity contribution in [2.45, 2.75) is 24.9 Å². The van der Waals surface area contributed by atoms with Crippen LogP contribution in [0.1, 0.15) is 34.0 Å². The fourth-order valence-electron chi connectivity index (χ4n) is 7.15. The minimum Gasteiger partial charge on any atom is -0.445 e. The van der Waals surface area contributed by atoms with Gasteiger partial charge in [0.15, 0.2) is 0 Å². The van der Waals surface area contributed by atoms with Crippen LogP contribution in [0.25, 0.3) is 0 Å². The van der Waals surface area contributed by atoms with Gasteiger partial charge in [0.05, 0.1) is 54.2 Å². The quantitative estimate of drug-likeness (QED) is 0.264. The molecule has 0 bridgehead atoms. The zero-order valence-corrected chi connectivity index (χ0v) is 34.5. The second kappa shape index (κ2) is 21.1. The first-order valence-corrected chi connectivity index (χ1v) is 20.8. The third kappa shape index (κ3) is 11.5. The summed E-state index contributed by atoms with van der Waals surface area (Å²) in [4.78, 5) is 62.5. The highest BCUT2D eigenvalue weighted by molar-refractivity contribution is 7.16. The number of amides is 6. The number of nitrogens with zero attached hydrogens (tertiary/aromatic N) is 8. The van der Waals surface area contributed by atoms with E-state index in [4.69, 9.17) is 36.3 Å². The Bertz CT molecular complexity index is 1890. The van der Waals surface area contributed by atoms with Crippen LogP contribution in [0.4, 0.5) is 25.0 Å². The van der Waals surface area contributed by atoms with Crippen LogP contribution < -0.4 is 5.73 Å². The van der Waals surface area contributed by atoms with Gasteiger partial charge >= 0.3 is 24.2 Å². The molecule has 3 aromatic heterocycles. The summed E-state index contributed by atoms with van der Waals surface area (Å²) < 4.78 is 21.9. The molecule has 2 unspecified atom stereocenters. The molecular formula is C38H52ClN11O8S. The summed E-state index contributed by atoms with van der Waals surface area (Å²) in [6, 6.07) is 6.67. The second-order valence-corrected chi connectivity index (χ2v) is 15.9.